The van der Waals surface area contributed by atoms with Gasteiger partial charge < -0.3 is 5.32 Å². The second-order valence-corrected chi connectivity index (χ2v) is 3.56. The summed E-state index contributed by atoms with van der Waals surface area (Å²) >= 11 is 0. The topological polar surface area (TPSA) is 29.1 Å². The van der Waals surface area contributed by atoms with Crippen molar-refractivity contribution in [2.24, 2.45) is 0 Å². The zero-order valence-electron chi connectivity index (χ0n) is 9.79. The molecule has 0 fully saturated rings. The lowest BCUT2D eigenvalue weighted by Gasteiger charge is -2.09. The third-order valence-corrected chi connectivity index (χ3v) is 2.40. The van der Waals surface area contributed by atoms with Crippen LogP contribution >= 0.6 is 0 Å². The summed E-state index contributed by atoms with van der Waals surface area (Å²) < 4.78 is 0. The lowest BCUT2D eigenvalue weighted by Crippen LogP contribution is -2.12. The summed E-state index contributed by atoms with van der Waals surface area (Å²) in [5.41, 5.74) is 2.22. The van der Waals surface area contributed by atoms with Crippen LogP contribution in [0.2, 0.25) is 0 Å². The highest BCUT2D eigenvalue weighted by Crippen LogP contribution is 2.16. The number of rotatable bonds is 1. The minimum absolute atomic E-state index is 0.00296. The van der Waals surface area contributed by atoms with Crippen LogP contribution < -0.4 is 5.32 Å². The summed E-state index contributed by atoms with van der Waals surface area (Å²) in [6.07, 6.45) is 11.9. The fourth-order valence-electron chi connectivity index (χ4n) is 1.46. The Bertz CT molecular complexity index is 408. The maximum absolute atomic E-state index is 11.9. The maximum atomic E-state index is 11.9. The molecule has 0 radical (unpaired) electrons. The van der Waals surface area contributed by atoms with E-state index >= 15 is 0 Å². The molecule has 16 heavy (non-hydrogen) atoms. The molecule has 0 bridgehead atoms. The standard InChI is InChI=1S/C14H17NO/c1-11-9-7-5-4-6-8-10-13(16)14(11)12(2)15-3/h4-5,7-10,15H,1,6H2,2-3H3/b5-4-,9-7-,10-8-,14-12?. The third kappa shape index (κ3) is 3.09. The normalized spacial score (nSPS) is 25.9. The molecule has 0 atom stereocenters. The maximum Gasteiger partial charge on any atom is 0.187 e. The molecule has 0 aromatic heterocycles. The van der Waals surface area contributed by atoms with Crippen LogP contribution in [0, 0.1) is 0 Å². The summed E-state index contributed by atoms with van der Waals surface area (Å²) in [6, 6.07) is 0. The van der Waals surface area contributed by atoms with Crippen molar-refractivity contribution >= 4 is 5.78 Å². The Balaban J connectivity index is 3.19. The van der Waals surface area contributed by atoms with Crippen LogP contribution in [0.1, 0.15) is 13.3 Å². The molecule has 0 unspecified atom stereocenters. The smallest absolute Gasteiger partial charge is 0.187 e. The number of carbonyl (C=O) groups is 1. The number of hydrogen-bond donors (Lipinski definition) is 1. The first kappa shape index (κ1) is 12.2. The van der Waals surface area contributed by atoms with Crippen LogP contribution in [-0.2, 0) is 4.79 Å². The zero-order chi connectivity index (χ0) is 12.0. The van der Waals surface area contributed by atoms with E-state index in [2.05, 4.69) is 11.9 Å². The van der Waals surface area contributed by atoms with Crippen LogP contribution in [0.3, 0.4) is 0 Å². The van der Waals surface area contributed by atoms with E-state index in [1.54, 1.807) is 13.1 Å². The van der Waals surface area contributed by atoms with Crippen molar-refractivity contribution in [3.8, 4) is 0 Å². The summed E-state index contributed by atoms with van der Waals surface area (Å²) in [4.78, 5) is 11.9. The lowest BCUT2D eigenvalue weighted by atomic mass is 9.99. The van der Waals surface area contributed by atoms with Gasteiger partial charge in [-0.2, -0.15) is 0 Å². The largest absolute Gasteiger partial charge is 0.391 e. The molecule has 0 aromatic carbocycles. The van der Waals surface area contributed by atoms with Crippen molar-refractivity contribution in [3.05, 3.63) is 59.9 Å². The molecule has 84 valence electrons. The number of carbonyl (C=O) groups excluding carboxylic acids is 1. The molecule has 2 nitrogen and oxygen atoms in total. The van der Waals surface area contributed by atoms with Gasteiger partial charge in [0.15, 0.2) is 5.78 Å². The van der Waals surface area contributed by atoms with Gasteiger partial charge in [-0.1, -0.05) is 37.0 Å². The van der Waals surface area contributed by atoms with Crippen molar-refractivity contribution in [1.82, 2.24) is 5.32 Å². The first-order chi connectivity index (χ1) is 7.66. The highest BCUT2D eigenvalue weighted by Gasteiger charge is 2.11. The van der Waals surface area contributed by atoms with Crippen LogP contribution in [0.4, 0.5) is 0 Å². The van der Waals surface area contributed by atoms with E-state index < -0.39 is 0 Å². The minimum atomic E-state index is -0.00296. The molecular weight excluding hydrogens is 198 g/mol. The quantitative estimate of drug-likeness (QED) is 0.681. The molecule has 1 aliphatic carbocycles. The van der Waals surface area contributed by atoms with Gasteiger partial charge in [0.05, 0.1) is 0 Å². The van der Waals surface area contributed by atoms with Crippen LogP contribution in [0.25, 0.3) is 0 Å². The number of ketones is 1. The number of nitrogens with one attached hydrogen (secondary N) is 1. The van der Waals surface area contributed by atoms with E-state index in [0.29, 0.717) is 5.57 Å². The van der Waals surface area contributed by atoms with Crippen molar-refractivity contribution in [2.45, 2.75) is 13.3 Å². The first-order valence-corrected chi connectivity index (χ1v) is 5.28. The number of hydrogen-bond acceptors (Lipinski definition) is 2. The van der Waals surface area contributed by atoms with Crippen LogP contribution in [0.5, 0.6) is 0 Å². The first-order valence-electron chi connectivity index (χ1n) is 5.28. The van der Waals surface area contributed by atoms with Gasteiger partial charge in [0, 0.05) is 18.3 Å². The molecule has 0 amide bonds. The predicted octanol–water partition coefficient (Wildman–Crippen LogP) is 2.68. The fourth-order valence-corrected chi connectivity index (χ4v) is 1.46. The molecule has 0 saturated heterocycles. The van der Waals surface area contributed by atoms with Gasteiger partial charge in [-0.3, -0.25) is 4.79 Å². The van der Waals surface area contributed by atoms with E-state index in [9.17, 15) is 4.79 Å². The molecular formula is C14H17NO. The Kier molecular flexibility index (Phi) is 4.52. The highest BCUT2D eigenvalue weighted by atomic mass is 16.1. The molecule has 0 spiro atoms. The monoisotopic (exact) mass is 215 g/mol. The van der Waals surface area contributed by atoms with Gasteiger partial charge in [0.2, 0.25) is 0 Å². The van der Waals surface area contributed by atoms with Crippen LogP contribution in [-0.4, -0.2) is 12.8 Å². The van der Waals surface area contributed by atoms with E-state index in [0.717, 1.165) is 17.7 Å². The van der Waals surface area contributed by atoms with E-state index in [1.807, 2.05) is 37.3 Å². The van der Waals surface area contributed by atoms with Crippen molar-refractivity contribution in [2.75, 3.05) is 7.05 Å². The van der Waals surface area contributed by atoms with Gasteiger partial charge in [-0.15, -0.1) is 0 Å². The fraction of sp³-hybridized carbons (Fsp3) is 0.214. The summed E-state index contributed by atoms with van der Waals surface area (Å²) in [5, 5.41) is 2.99. The van der Waals surface area contributed by atoms with Crippen molar-refractivity contribution in [3.63, 3.8) is 0 Å². The van der Waals surface area contributed by atoms with E-state index in [-0.39, 0.29) is 5.78 Å². The molecule has 0 aromatic rings. The minimum Gasteiger partial charge on any atom is -0.391 e. The van der Waals surface area contributed by atoms with Crippen LogP contribution in [0.15, 0.2) is 59.9 Å². The zero-order valence-corrected chi connectivity index (χ0v) is 9.79. The Morgan fingerprint density at radius 1 is 1.31 bits per heavy atom. The summed E-state index contributed by atoms with van der Waals surface area (Å²) in [6.45, 7) is 5.79. The molecule has 0 saturated carbocycles. The summed E-state index contributed by atoms with van der Waals surface area (Å²) in [7, 11) is 1.80. The second-order valence-electron chi connectivity index (χ2n) is 3.56. The Morgan fingerprint density at radius 2 is 2.06 bits per heavy atom. The lowest BCUT2D eigenvalue weighted by molar-refractivity contribution is -0.111. The van der Waals surface area contributed by atoms with Crippen molar-refractivity contribution in [1.29, 1.82) is 0 Å². The molecule has 1 N–H and O–H groups in total. The average molecular weight is 215 g/mol. The summed E-state index contributed by atoms with van der Waals surface area (Å²) in [5.74, 6) is -0.00296. The second kappa shape index (κ2) is 5.91. The number of allylic oxidation sites excluding steroid dienone is 9. The van der Waals surface area contributed by atoms with Gasteiger partial charge in [-0.25, -0.2) is 0 Å². The Morgan fingerprint density at radius 3 is 2.75 bits per heavy atom. The van der Waals surface area contributed by atoms with Gasteiger partial charge in [0.25, 0.3) is 0 Å². The molecule has 1 rings (SSSR count). The molecule has 0 heterocycles. The highest BCUT2D eigenvalue weighted by molar-refractivity contribution is 6.08. The average Bonchev–Trinajstić information content (AvgIpc) is 2.27. The molecule has 2 heteroatoms. The third-order valence-electron chi connectivity index (χ3n) is 2.40. The molecule has 0 aliphatic heterocycles. The van der Waals surface area contributed by atoms with Gasteiger partial charge in [-0.05, 0) is 25.0 Å². The van der Waals surface area contributed by atoms with Crippen molar-refractivity contribution < 1.29 is 4.79 Å². The predicted molar refractivity (Wildman–Crippen MR) is 67.9 cm³/mol. The van der Waals surface area contributed by atoms with E-state index in [4.69, 9.17) is 0 Å². The SMILES string of the molecule is C=C1/C=C\C=C/C/C=C\C(=O)C1=C(C)NC. The van der Waals surface area contributed by atoms with Gasteiger partial charge >= 0.3 is 0 Å². The van der Waals surface area contributed by atoms with Gasteiger partial charge in [0.1, 0.15) is 0 Å². The Hall–Kier alpha value is -1.83. The Labute approximate surface area is 96.7 Å². The van der Waals surface area contributed by atoms with E-state index in [1.165, 1.54) is 0 Å². The molecule has 1 aliphatic rings.